The van der Waals surface area contributed by atoms with E-state index in [9.17, 15) is 24.1 Å². The Labute approximate surface area is 390 Å². The van der Waals surface area contributed by atoms with E-state index in [4.69, 9.17) is 23.5 Å². The van der Waals surface area contributed by atoms with E-state index >= 15 is 0 Å². The smallest absolute Gasteiger partial charge is 0.481 e. The number of carbonyl (C=O) groups is 3. The molecule has 2 amide bonds. The van der Waals surface area contributed by atoms with Crippen molar-refractivity contribution in [1.29, 1.82) is 0 Å². The topological polar surface area (TPSA) is 157 Å². The predicted octanol–water partition coefficient (Wildman–Crippen LogP) is 11.4. The maximum absolute atomic E-state index is 14.7. The van der Waals surface area contributed by atoms with Crippen LogP contribution in [0.3, 0.4) is 0 Å². The fourth-order valence-electron chi connectivity index (χ4n) is 8.77. The average molecular weight is 941 g/mol. The number of aromatic nitrogens is 2. The SMILES string of the molecule is CC(=O)N(Cc1nc(CC2CCCCC2)cs1)[C@@H](Cc1ccc(OP(=O)(OCc2ccccc2)OCc2ccccc2)cc1)C(=O)N[C@@H](CCC(=O)O)c1nc(CC2CCCCC2)cs1. The zero-order valence-electron chi connectivity index (χ0n) is 37.2. The van der Waals surface area contributed by atoms with Crippen molar-refractivity contribution in [2.75, 3.05) is 0 Å². The second-order valence-corrected chi connectivity index (χ2v) is 20.8. The molecule has 0 unspecified atom stereocenters. The van der Waals surface area contributed by atoms with Crippen LogP contribution >= 0.6 is 30.5 Å². The van der Waals surface area contributed by atoms with Crippen LogP contribution in [0.25, 0.3) is 0 Å². The largest absolute Gasteiger partial charge is 0.530 e. The number of phosphoric acid groups is 1. The van der Waals surface area contributed by atoms with Crippen molar-refractivity contribution >= 4 is 48.3 Å². The molecule has 2 N–H and O–H groups in total. The van der Waals surface area contributed by atoms with Gasteiger partial charge in [-0.2, -0.15) is 0 Å². The minimum atomic E-state index is -4.15. The molecular weight excluding hydrogens is 880 g/mol. The maximum atomic E-state index is 14.7. The third-order valence-corrected chi connectivity index (χ3v) is 15.5. The number of carbonyl (C=O) groups excluding carboxylic acids is 2. The molecule has 15 heteroatoms. The van der Waals surface area contributed by atoms with Crippen molar-refractivity contribution in [3.05, 3.63) is 134 Å². The van der Waals surface area contributed by atoms with Crippen molar-refractivity contribution in [3.8, 4) is 5.75 Å². The summed E-state index contributed by atoms with van der Waals surface area (Å²) in [6, 6.07) is 23.8. The Morgan fingerprint density at radius 2 is 1.31 bits per heavy atom. The van der Waals surface area contributed by atoms with E-state index in [1.54, 1.807) is 29.2 Å². The van der Waals surface area contributed by atoms with E-state index in [-0.39, 0.29) is 50.7 Å². The van der Waals surface area contributed by atoms with Gasteiger partial charge in [0.1, 0.15) is 21.8 Å². The van der Waals surface area contributed by atoms with Gasteiger partial charge < -0.3 is 19.8 Å². The van der Waals surface area contributed by atoms with Crippen molar-refractivity contribution in [2.24, 2.45) is 11.8 Å². The molecule has 3 aromatic carbocycles. The normalized spacial score (nSPS) is 15.8. The average Bonchev–Trinajstić information content (AvgIpc) is 3.98. The number of thiazole rings is 2. The minimum absolute atomic E-state index is 0.000117. The second kappa shape index (κ2) is 24.2. The molecule has 65 heavy (non-hydrogen) atoms. The first-order valence-electron chi connectivity index (χ1n) is 23.0. The van der Waals surface area contributed by atoms with Crippen LogP contribution in [0.15, 0.2) is 95.7 Å². The summed E-state index contributed by atoms with van der Waals surface area (Å²) in [6.45, 7) is 1.59. The Bertz CT molecular complexity index is 2270. The molecule has 0 saturated heterocycles. The van der Waals surface area contributed by atoms with Crippen LogP contribution in [0.5, 0.6) is 5.75 Å². The molecule has 0 radical (unpaired) electrons. The molecule has 2 heterocycles. The second-order valence-electron chi connectivity index (χ2n) is 17.4. The van der Waals surface area contributed by atoms with Gasteiger partial charge in [-0.3, -0.25) is 23.4 Å². The van der Waals surface area contributed by atoms with Gasteiger partial charge in [-0.25, -0.2) is 14.5 Å². The highest BCUT2D eigenvalue weighted by Gasteiger charge is 2.33. The van der Waals surface area contributed by atoms with Gasteiger partial charge in [0.15, 0.2) is 0 Å². The molecule has 2 aliphatic rings. The summed E-state index contributed by atoms with van der Waals surface area (Å²) in [4.78, 5) is 51.7. The Kier molecular flexibility index (Phi) is 17.9. The summed E-state index contributed by atoms with van der Waals surface area (Å²) < 4.78 is 31.8. The Morgan fingerprint density at radius 1 is 0.754 bits per heavy atom. The number of carboxylic acids is 1. The van der Waals surface area contributed by atoms with Gasteiger partial charge in [-0.15, -0.1) is 22.7 Å². The zero-order chi connectivity index (χ0) is 45.4. The molecule has 0 spiro atoms. The van der Waals surface area contributed by atoms with Gasteiger partial charge in [0, 0.05) is 30.5 Å². The number of carboxylic acid groups (broad SMARTS) is 1. The molecular formula is C50H61N4O8PS2. The van der Waals surface area contributed by atoms with Crippen molar-refractivity contribution < 1.29 is 37.6 Å². The molecule has 5 aromatic rings. The number of hydrogen-bond donors (Lipinski definition) is 2. The highest BCUT2D eigenvalue weighted by atomic mass is 32.1. The van der Waals surface area contributed by atoms with Crippen molar-refractivity contribution in [2.45, 2.75) is 135 Å². The number of rotatable bonds is 23. The van der Waals surface area contributed by atoms with Crippen LogP contribution in [0.4, 0.5) is 0 Å². The van der Waals surface area contributed by atoms with E-state index in [1.807, 2.05) is 66.0 Å². The lowest BCUT2D eigenvalue weighted by Crippen LogP contribution is -2.50. The van der Waals surface area contributed by atoms with E-state index in [0.717, 1.165) is 40.4 Å². The third-order valence-electron chi connectivity index (χ3n) is 12.3. The van der Waals surface area contributed by atoms with Crippen molar-refractivity contribution in [1.82, 2.24) is 20.2 Å². The Balaban J connectivity index is 1.11. The molecule has 12 nitrogen and oxygen atoms in total. The predicted molar refractivity (Wildman–Crippen MR) is 253 cm³/mol. The number of amides is 2. The van der Waals surface area contributed by atoms with Gasteiger partial charge in [0.05, 0.1) is 37.2 Å². The van der Waals surface area contributed by atoms with Crippen LogP contribution in [0, 0.1) is 11.8 Å². The fourth-order valence-corrected chi connectivity index (χ4v) is 11.7. The van der Waals surface area contributed by atoms with Gasteiger partial charge in [-0.05, 0) is 59.9 Å². The number of nitrogens with zero attached hydrogens (tertiary/aromatic N) is 3. The fraction of sp³-hybridized carbons (Fsp3) is 0.460. The molecule has 7 rings (SSSR count). The third kappa shape index (κ3) is 15.2. The molecule has 2 aromatic heterocycles. The summed E-state index contributed by atoms with van der Waals surface area (Å²) in [5.41, 5.74) is 4.28. The first-order chi connectivity index (χ1) is 31.6. The summed E-state index contributed by atoms with van der Waals surface area (Å²) in [7, 11) is -4.15. The van der Waals surface area contributed by atoms with E-state index in [1.165, 1.54) is 93.8 Å². The Morgan fingerprint density at radius 3 is 1.86 bits per heavy atom. The van der Waals surface area contributed by atoms with Gasteiger partial charge >= 0.3 is 13.8 Å². The summed E-state index contributed by atoms with van der Waals surface area (Å²) in [5, 5.41) is 18.4. The lowest BCUT2D eigenvalue weighted by Gasteiger charge is -2.31. The first-order valence-corrected chi connectivity index (χ1v) is 26.2. The molecule has 2 atom stereocenters. The number of hydrogen-bond acceptors (Lipinski definition) is 11. The summed E-state index contributed by atoms with van der Waals surface area (Å²) in [6.07, 6.45) is 14.1. The molecule has 2 aliphatic carbocycles. The summed E-state index contributed by atoms with van der Waals surface area (Å²) >= 11 is 2.93. The standard InChI is InChI=1S/C50H61N4O8PS2/c1-36(55)54(31-47-51-42(34-64-47)28-37-14-6-2-7-15-37)46(49(58)53-45(26-27-48(56)57)50-52-43(35-65-50)29-38-16-8-3-9-17-38)30-39-22-24-44(25-23-39)62-63(59,60-32-40-18-10-4-11-19-40)61-33-41-20-12-5-13-21-41/h4-5,10-13,18-25,34-35,37-38,45-46H,2-3,6-9,14-17,26-33H2,1H3,(H,53,58)(H,56,57)/t45-,46-/m0/s1. The molecule has 2 fully saturated rings. The maximum Gasteiger partial charge on any atom is 0.530 e. The number of aliphatic carboxylic acids is 1. The number of benzene rings is 3. The van der Waals surface area contributed by atoms with Crippen LogP contribution < -0.4 is 9.84 Å². The van der Waals surface area contributed by atoms with Crippen LogP contribution in [-0.2, 0) is 67.0 Å². The monoisotopic (exact) mass is 940 g/mol. The molecule has 346 valence electrons. The minimum Gasteiger partial charge on any atom is -0.481 e. The number of nitrogens with one attached hydrogen (secondary N) is 1. The quantitative estimate of drug-likeness (QED) is 0.0604. The Hall–Kier alpha value is -4.72. The van der Waals surface area contributed by atoms with Gasteiger partial charge in [0.2, 0.25) is 11.8 Å². The van der Waals surface area contributed by atoms with Crippen LogP contribution in [0.2, 0.25) is 0 Å². The molecule has 0 aliphatic heterocycles. The molecule has 2 saturated carbocycles. The molecule has 0 bridgehead atoms. The lowest BCUT2D eigenvalue weighted by molar-refractivity contribution is -0.140. The van der Waals surface area contributed by atoms with E-state index < -0.39 is 31.8 Å². The van der Waals surface area contributed by atoms with Crippen LogP contribution in [0.1, 0.15) is 128 Å². The highest BCUT2D eigenvalue weighted by Crippen LogP contribution is 2.51. The number of phosphoric ester groups is 1. The first kappa shape index (κ1) is 48.2. The van der Waals surface area contributed by atoms with Gasteiger partial charge in [-0.1, -0.05) is 137 Å². The highest BCUT2D eigenvalue weighted by molar-refractivity contribution is 7.48. The van der Waals surface area contributed by atoms with Gasteiger partial charge in [0.25, 0.3) is 0 Å². The van der Waals surface area contributed by atoms with Crippen LogP contribution in [-0.4, -0.2) is 43.8 Å². The van der Waals surface area contributed by atoms with E-state index in [0.29, 0.717) is 22.4 Å². The lowest BCUT2D eigenvalue weighted by atomic mass is 9.86. The summed E-state index contributed by atoms with van der Waals surface area (Å²) in [5.74, 6) is -0.289. The van der Waals surface area contributed by atoms with E-state index in [2.05, 4.69) is 10.7 Å². The zero-order valence-corrected chi connectivity index (χ0v) is 39.7. The van der Waals surface area contributed by atoms with Crippen molar-refractivity contribution in [3.63, 3.8) is 0 Å².